The first-order chi connectivity index (χ1) is 8.90. The van der Waals surface area contributed by atoms with Crippen LogP contribution in [0.3, 0.4) is 0 Å². The Morgan fingerprint density at radius 2 is 2.11 bits per heavy atom. The Labute approximate surface area is 110 Å². The summed E-state index contributed by atoms with van der Waals surface area (Å²) in [5.74, 6) is 0.133. The van der Waals surface area contributed by atoms with Crippen molar-refractivity contribution in [3.8, 4) is 5.75 Å². The highest BCUT2D eigenvalue weighted by Gasteiger charge is 2.03. The summed E-state index contributed by atoms with van der Waals surface area (Å²) in [6.07, 6.45) is 1.62. The van der Waals surface area contributed by atoms with E-state index in [-0.39, 0.29) is 11.3 Å². The van der Waals surface area contributed by atoms with Gasteiger partial charge in [-0.1, -0.05) is 6.58 Å². The van der Waals surface area contributed by atoms with Crippen LogP contribution in [0.1, 0.15) is 5.56 Å². The fourth-order valence-electron chi connectivity index (χ4n) is 1.78. The Bertz CT molecular complexity index is 769. The Morgan fingerprint density at radius 3 is 2.58 bits per heavy atom. The zero-order chi connectivity index (χ0) is 14.2. The maximum absolute atomic E-state index is 11.9. The zero-order valence-electron chi connectivity index (χ0n) is 11.3. The number of hydrogen-bond acceptors (Lipinski definition) is 3. The molecule has 0 spiro atoms. The molecule has 2 rings (SSSR count). The largest absolute Gasteiger partial charge is 0.507 e. The van der Waals surface area contributed by atoms with Gasteiger partial charge in [-0.3, -0.25) is 9.36 Å². The number of aromatic amines is 1. The Morgan fingerprint density at radius 1 is 1.42 bits per heavy atom. The maximum Gasteiger partial charge on any atom is 0.275 e. The number of nitrogens with zero attached hydrogens (tertiary/aromatic N) is 2. The summed E-state index contributed by atoms with van der Waals surface area (Å²) in [4.78, 5) is 16.6. The predicted octanol–water partition coefficient (Wildman–Crippen LogP) is -0.276. The Hall–Kier alpha value is -2.43. The van der Waals surface area contributed by atoms with Crippen LogP contribution in [-0.4, -0.2) is 28.8 Å². The summed E-state index contributed by atoms with van der Waals surface area (Å²) >= 11 is 0. The smallest absolute Gasteiger partial charge is 0.275 e. The van der Waals surface area contributed by atoms with Crippen LogP contribution in [0.4, 0.5) is 5.69 Å². The highest BCUT2D eigenvalue weighted by Crippen LogP contribution is 2.23. The van der Waals surface area contributed by atoms with E-state index in [1.54, 1.807) is 25.3 Å². The highest BCUT2D eigenvalue weighted by atomic mass is 16.3. The van der Waals surface area contributed by atoms with Gasteiger partial charge in [0.25, 0.3) is 5.56 Å². The summed E-state index contributed by atoms with van der Waals surface area (Å²) in [5, 5.41) is 10.4. The van der Waals surface area contributed by atoms with Crippen LogP contribution in [0.5, 0.6) is 5.75 Å². The van der Waals surface area contributed by atoms with Gasteiger partial charge in [-0.05, 0) is 18.2 Å². The lowest BCUT2D eigenvalue weighted by Gasteiger charge is -2.13. The van der Waals surface area contributed by atoms with Crippen LogP contribution in [0.25, 0.3) is 12.7 Å². The third-order valence-electron chi connectivity index (χ3n) is 3.05. The molecule has 1 aromatic carbocycles. The van der Waals surface area contributed by atoms with Crippen molar-refractivity contribution in [3.63, 3.8) is 0 Å². The minimum Gasteiger partial charge on any atom is -0.507 e. The molecule has 0 aliphatic heterocycles. The fraction of sp³-hybridized carbons (Fsp3) is 0.214. The molecule has 0 aliphatic carbocycles. The monoisotopic (exact) mass is 259 g/mol. The van der Waals surface area contributed by atoms with Crippen molar-refractivity contribution in [1.29, 1.82) is 0 Å². The van der Waals surface area contributed by atoms with E-state index in [4.69, 9.17) is 0 Å². The molecule has 0 saturated carbocycles. The van der Waals surface area contributed by atoms with Gasteiger partial charge in [0.2, 0.25) is 0 Å². The quantitative estimate of drug-likeness (QED) is 0.780. The van der Waals surface area contributed by atoms with Gasteiger partial charge in [0.15, 0.2) is 0 Å². The number of imidazole rings is 1. The van der Waals surface area contributed by atoms with Crippen LogP contribution in [0.2, 0.25) is 0 Å². The average molecular weight is 259 g/mol. The zero-order valence-corrected chi connectivity index (χ0v) is 11.3. The number of benzene rings is 1. The van der Waals surface area contributed by atoms with Gasteiger partial charge in [-0.25, -0.2) is 0 Å². The van der Waals surface area contributed by atoms with E-state index in [2.05, 4.69) is 11.6 Å². The Balaban J connectivity index is 2.58. The number of aromatic hydroxyl groups is 1. The van der Waals surface area contributed by atoms with Crippen molar-refractivity contribution in [3.05, 3.63) is 44.9 Å². The molecule has 0 aliphatic rings. The average Bonchev–Trinajstić information content (AvgIpc) is 2.59. The molecule has 0 saturated heterocycles. The van der Waals surface area contributed by atoms with Crippen molar-refractivity contribution in [2.75, 3.05) is 19.0 Å². The number of anilines is 1. The van der Waals surface area contributed by atoms with E-state index in [0.29, 0.717) is 16.4 Å². The van der Waals surface area contributed by atoms with E-state index in [1.807, 2.05) is 25.1 Å². The second-order valence-corrected chi connectivity index (χ2v) is 4.63. The van der Waals surface area contributed by atoms with Gasteiger partial charge in [-0.15, -0.1) is 0 Å². The molecule has 0 radical (unpaired) electrons. The first-order valence-corrected chi connectivity index (χ1v) is 5.86. The molecule has 1 aromatic heterocycles. The molecular weight excluding hydrogens is 242 g/mol. The molecule has 1 heterocycles. The number of nitrogens with one attached hydrogen (secondary N) is 1. The van der Waals surface area contributed by atoms with Gasteiger partial charge in [0.1, 0.15) is 16.6 Å². The first-order valence-electron chi connectivity index (χ1n) is 5.86. The summed E-state index contributed by atoms with van der Waals surface area (Å²) in [6, 6.07) is 5.31. The van der Waals surface area contributed by atoms with Gasteiger partial charge >= 0.3 is 0 Å². The molecule has 100 valence electrons. The highest BCUT2D eigenvalue weighted by molar-refractivity contribution is 5.62. The lowest BCUT2D eigenvalue weighted by atomic mass is 10.1. The molecule has 5 nitrogen and oxygen atoms in total. The van der Waals surface area contributed by atoms with Crippen LogP contribution in [0.15, 0.2) is 23.0 Å². The number of hydrogen-bond donors (Lipinski definition) is 2. The molecule has 19 heavy (non-hydrogen) atoms. The van der Waals surface area contributed by atoms with Gasteiger partial charge in [0, 0.05) is 38.5 Å². The first kappa shape index (κ1) is 13.0. The number of H-pyrrole nitrogens is 1. The lowest BCUT2D eigenvalue weighted by molar-refractivity contribution is 0.474. The van der Waals surface area contributed by atoms with Gasteiger partial charge < -0.3 is 15.0 Å². The summed E-state index contributed by atoms with van der Waals surface area (Å²) in [6.45, 7) is 3.72. The number of rotatable bonds is 2. The molecule has 0 fully saturated rings. The van der Waals surface area contributed by atoms with Crippen molar-refractivity contribution in [1.82, 2.24) is 9.55 Å². The summed E-state index contributed by atoms with van der Waals surface area (Å²) in [5.41, 5.74) is 1.85. The third-order valence-corrected chi connectivity index (χ3v) is 3.05. The van der Waals surface area contributed by atoms with Crippen LogP contribution < -0.4 is 21.3 Å². The molecular formula is C14H17N3O2. The van der Waals surface area contributed by atoms with E-state index in [9.17, 15) is 9.90 Å². The molecule has 0 amide bonds. The maximum atomic E-state index is 11.9. The second kappa shape index (κ2) is 4.68. The van der Waals surface area contributed by atoms with Crippen molar-refractivity contribution >= 4 is 18.3 Å². The molecule has 2 N–H and O–H groups in total. The van der Waals surface area contributed by atoms with Gasteiger partial charge in [-0.2, -0.15) is 0 Å². The van der Waals surface area contributed by atoms with Crippen LogP contribution >= 0.6 is 0 Å². The van der Waals surface area contributed by atoms with Crippen molar-refractivity contribution in [2.45, 2.75) is 0 Å². The number of phenols is 1. The number of aromatic nitrogens is 2. The molecule has 0 unspecified atom stereocenters. The summed E-state index contributed by atoms with van der Waals surface area (Å²) in [7, 11) is 5.44. The number of phenolic OH excluding ortho intramolecular Hbond substituents is 1. The van der Waals surface area contributed by atoms with E-state index >= 15 is 0 Å². The molecule has 2 aromatic rings. The predicted molar refractivity (Wildman–Crippen MR) is 76.8 cm³/mol. The van der Waals surface area contributed by atoms with Crippen LogP contribution in [-0.2, 0) is 7.05 Å². The summed E-state index contributed by atoms with van der Waals surface area (Å²) < 4.78 is 1.43. The topological polar surface area (TPSA) is 61.3 Å². The molecule has 0 bridgehead atoms. The van der Waals surface area contributed by atoms with E-state index < -0.39 is 0 Å². The minimum absolute atomic E-state index is 0.133. The van der Waals surface area contributed by atoms with Crippen LogP contribution in [0, 0.1) is 0 Å². The normalized spacial score (nSPS) is 11.8. The third kappa shape index (κ3) is 2.40. The SMILES string of the molecule is C=c1[nH]c(=Cc2ccc(N(C)C)cc2O)c(=O)n1C. The molecule has 5 heteroatoms. The van der Waals surface area contributed by atoms with E-state index in [0.717, 1.165) is 5.69 Å². The van der Waals surface area contributed by atoms with E-state index in [1.165, 1.54) is 4.57 Å². The van der Waals surface area contributed by atoms with Gasteiger partial charge in [0.05, 0.1) is 0 Å². The molecule has 0 atom stereocenters. The van der Waals surface area contributed by atoms with Crippen molar-refractivity contribution in [2.24, 2.45) is 7.05 Å². The standard InChI is InChI=1S/C14H17N3O2/c1-9-15-12(14(19)17(9)4)7-10-5-6-11(16(2)3)8-13(10)18/h5-8,15,18H,1H2,2-4H3. The Kier molecular flexibility index (Phi) is 3.21. The minimum atomic E-state index is -0.166. The lowest BCUT2D eigenvalue weighted by Crippen LogP contribution is -2.28. The fourth-order valence-corrected chi connectivity index (χ4v) is 1.78. The van der Waals surface area contributed by atoms with Crippen molar-refractivity contribution < 1.29 is 5.11 Å². The second-order valence-electron chi connectivity index (χ2n) is 4.63.